The summed E-state index contributed by atoms with van der Waals surface area (Å²) in [5, 5.41) is 3.42. The first-order valence-electron chi connectivity index (χ1n) is 9.47. The van der Waals surface area contributed by atoms with Gasteiger partial charge in [-0.05, 0) is 35.4 Å². The molecule has 0 aromatic heterocycles. The summed E-state index contributed by atoms with van der Waals surface area (Å²) >= 11 is 0. The van der Waals surface area contributed by atoms with Gasteiger partial charge in [-0.2, -0.15) is 0 Å². The maximum Gasteiger partial charge on any atom is 0.127 e. The van der Waals surface area contributed by atoms with E-state index in [-0.39, 0.29) is 0 Å². The van der Waals surface area contributed by atoms with Crippen molar-refractivity contribution in [2.75, 3.05) is 0 Å². The topological polar surface area (TPSA) is 21.3 Å². The molecule has 0 aliphatic carbocycles. The highest BCUT2D eigenvalue weighted by atomic mass is 16.5. The molecule has 0 heterocycles. The number of hydrogen-bond donors (Lipinski definition) is 1. The molecular weight excluding hydrogens is 342 g/mol. The lowest BCUT2D eigenvalue weighted by Gasteiger charge is -2.04. The monoisotopic (exact) mass is 367 g/mol. The van der Waals surface area contributed by atoms with E-state index in [1.165, 1.54) is 11.1 Å². The van der Waals surface area contributed by atoms with Crippen molar-refractivity contribution in [2.24, 2.45) is 0 Å². The second-order valence-corrected chi connectivity index (χ2v) is 6.30. The highest BCUT2D eigenvalue weighted by Gasteiger charge is 1.93. The van der Waals surface area contributed by atoms with Crippen LogP contribution in [-0.2, 0) is 13.1 Å². The maximum atomic E-state index is 5.58. The summed E-state index contributed by atoms with van der Waals surface area (Å²) < 4.78 is 5.58. The zero-order valence-corrected chi connectivity index (χ0v) is 15.9. The minimum Gasteiger partial charge on any atom is -0.457 e. The molecule has 0 fully saturated rings. The van der Waals surface area contributed by atoms with E-state index in [2.05, 4.69) is 53.8 Å². The molecule has 0 aliphatic rings. The van der Waals surface area contributed by atoms with Crippen LogP contribution in [0.5, 0.6) is 11.5 Å². The molecule has 4 aromatic rings. The zero-order valence-electron chi connectivity index (χ0n) is 15.9. The molecule has 0 aliphatic heterocycles. The smallest absolute Gasteiger partial charge is 0.127 e. The molecule has 2 heteroatoms. The molecule has 2 nitrogen and oxygen atoms in total. The average molecular weight is 367 g/mol. The van der Waals surface area contributed by atoms with Crippen molar-refractivity contribution < 1.29 is 4.74 Å². The minimum atomic E-state index is 0.869. The first kappa shape index (κ1) is 19.4. The Labute approximate surface area is 167 Å². The van der Waals surface area contributed by atoms with E-state index < -0.39 is 0 Å². The first-order chi connectivity index (χ1) is 13.9. The van der Waals surface area contributed by atoms with Crippen molar-refractivity contribution in [2.45, 2.75) is 13.1 Å². The summed E-state index contributed by atoms with van der Waals surface area (Å²) in [5.41, 5.74) is 2.65. The molecule has 0 amide bonds. The number of ether oxygens (including phenoxy) is 1. The fraction of sp³-hybridized carbons (Fsp3) is 0.0769. The second-order valence-electron chi connectivity index (χ2n) is 6.30. The van der Waals surface area contributed by atoms with E-state index in [1.807, 2.05) is 72.8 Å². The summed E-state index contributed by atoms with van der Waals surface area (Å²) in [6, 6.07) is 40.4. The second kappa shape index (κ2) is 11.4. The molecule has 0 spiro atoms. The minimum absolute atomic E-state index is 0.869. The molecule has 4 aromatic carbocycles. The Hall–Kier alpha value is -3.36. The maximum absolute atomic E-state index is 5.58. The Morgan fingerprint density at radius 2 is 0.750 bits per heavy atom. The standard InChI is InChI=1S/C14H15N.C12H10O/c1-3-7-13(8-4-1)11-15-12-14-9-5-2-6-10-14;1-3-7-11(8-4-1)13-12-9-5-2-6-10-12/h1-10,15H,11-12H2;1-10H. The van der Waals surface area contributed by atoms with Gasteiger partial charge in [-0.25, -0.2) is 0 Å². The van der Waals surface area contributed by atoms with Gasteiger partial charge in [-0.15, -0.1) is 0 Å². The van der Waals surface area contributed by atoms with Crippen LogP contribution in [-0.4, -0.2) is 0 Å². The van der Waals surface area contributed by atoms with Crippen LogP contribution in [0.4, 0.5) is 0 Å². The SMILES string of the molecule is c1ccc(CNCc2ccccc2)cc1.c1ccc(Oc2ccccc2)cc1. The summed E-state index contributed by atoms with van der Waals surface area (Å²) in [6.45, 7) is 1.85. The van der Waals surface area contributed by atoms with Gasteiger partial charge in [0.25, 0.3) is 0 Å². The molecule has 0 saturated carbocycles. The van der Waals surface area contributed by atoms with E-state index in [1.54, 1.807) is 0 Å². The lowest BCUT2D eigenvalue weighted by atomic mass is 10.2. The van der Waals surface area contributed by atoms with Crippen molar-refractivity contribution in [3.8, 4) is 11.5 Å². The number of hydrogen-bond acceptors (Lipinski definition) is 2. The normalized spacial score (nSPS) is 9.86. The lowest BCUT2D eigenvalue weighted by molar-refractivity contribution is 0.482. The molecule has 0 saturated heterocycles. The Morgan fingerprint density at radius 1 is 0.429 bits per heavy atom. The summed E-state index contributed by atoms with van der Waals surface area (Å²) in [4.78, 5) is 0. The molecule has 0 radical (unpaired) electrons. The van der Waals surface area contributed by atoms with Crippen molar-refractivity contribution in [1.82, 2.24) is 5.32 Å². The van der Waals surface area contributed by atoms with Gasteiger partial charge in [0, 0.05) is 13.1 Å². The van der Waals surface area contributed by atoms with Crippen molar-refractivity contribution in [3.63, 3.8) is 0 Å². The lowest BCUT2D eigenvalue weighted by Crippen LogP contribution is -2.12. The van der Waals surface area contributed by atoms with Crippen LogP contribution in [0.1, 0.15) is 11.1 Å². The van der Waals surface area contributed by atoms with Crippen LogP contribution in [0.3, 0.4) is 0 Å². The molecule has 140 valence electrons. The van der Waals surface area contributed by atoms with Gasteiger partial charge in [-0.3, -0.25) is 0 Å². The van der Waals surface area contributed by atoms with Crippen molar-refractivity contribution in [1.29, 1.82) is 0 Å². The van der Waals surface area contributed by atoms with Crippen LogP contribution >= 0.6 is 0 Å². The predicted octanol–water partition coefficient (Wildman–Crippen LogP) is 6.46. The van der Waals surface area contributed by atoms with Gasteiger partial charge in [0.15, 0.2) is 0 Å². The van der Waals surface area contributed by atoms with Gasteiger partial charge < -0.3 is 10.1 Å². The highest BCUT2D eigenvalue weighted by Crippen LogP contribution is 2.19. The van der Waals surface area contributed by atoms with E-state index >= 15 is 0 Å². The number of para-hydroxylation sites is 2. The first-order valence-corrected chi connectivity index (χ1v) is 9.47. The van der Waals surface area contributed by atoms with E-state index in [9.17, 15) is 0 Å². The number of nitrogens with one attached hydrogen (secondary N) is 1. The molecule has 0 atom stereocenters. The number of benzene rings is 4. The third-order valence-electron chi connectivity index (χ3n) is 4.07. The van der Waals surface area contributed by atoms with Crippen LogP contribution in [0.25, 0.3) is 0 Å². The molecule has 1 N–H and O–H groups in total. The summed E-state index contributed by atoms with van der Waals surface area (Å²) in [6.07, 6.45) is 0. The van der Waals surface area contributed by atoms with Crippen LogP contribution in [0.2, 0.25) is 0 Å². The van der Waals surface area contributed by atoms with Gasteiger partial charge in [-0.1, -0.05) is 97.1 Å². The third kappa shape index (κ3) is 7.10. The zero-order chi connectivity index (χ0) is 19.3. The molecule has 28 heavy (non-hydrogen) atoms. The van der Waals surface area contributed by atoms with Gasteiger partial charge in [0.1, 0.15) is 11.5 Å². The summed E-state index contributed by atoms with van der Waals surface area (Å²) in [5.74, 6) is 1.74. The Balaban J connectivity index is 0.000000162. The Morgan fingerprint density at radius 3 is 1.11 bits per heavy atom. The molecule has 4 rings (SSSR count). The highest BCUT2D eigenvalue weighted by molar-refractivity contribution is 5.30. The summed E-state index contributed by atoms with van der Waals surface area (Å²) in [7, 11) is 0. The average Bonchev–Trinajstić information content (AvgIpc) is 2.77. The molecule has 0 bridgehead atoms. The molecule has 0 unspecified atom stereocenters. The predicted molar refractivity (Wildman–Crippen MR) is 116 cm³/mol. The van der Waals surface area contributed by atoms with Crippen LogP contribution < -0.4 is 10.1 Å². The molecular formula is C26H25NO. The Kier molecular flexibility index (Phi) is 7.88. The van der Waals surface area contributed by atoms with Crippen LogP contribution in [0, 0.1) is 0 Å². The van der Waals surface area contributed by atoms with E-state index in [4.69, 9.17) is 4.74 Å². The van der Waals surface area contributed by atoms with Gasteiger partial charge in [0.05, 0.1) is 0 Å². The third-order valence-corrected chi connectivity index (χ3v) is 4.07. The van der Waals surface area contributed by atoms with Gasteiger partial charge >= 0.3 is 0 Å². The fourth-order valence-corrected chi connectivity index (χ4v) is 2.66. The number of rotatable bonds is 6. The quantitative estimate of drug-likeness (QED) is 0.422. The van der Waals surface area contributed by atoms with Crippen molar-refractivity contribution >= 4 is 0 Å². The largest absolute Gasteiger partial charge is 0.457 e. The van der Waals surface area contributed by atoms with E-state index in [0.29, 0.717) is 0 Å². The van der Waals surface area contributed by atoms with E-state index in [0.717, 1.165) is 24.6 Å². The van der Waals surface area contributed by atoms with Crippen molar-refractivity contribution in [3.05, 3.63) is 132 Å². The van der Waals surface area contributed by atoms with Crippen LogP contribution in [0.15, 0.2) is 121 Å². The fourth-order valence-electron chi connectivity index (χ4n) is 2.66. The van der Waals surface area contributed by atoms with Gasteiger partial charge in [0.2, 0.25) is 0 Å². The Bertz CT molecular complexity index is 817.